The molecule has 0 spiro atoms. The third kappa shape index (κ3) is 3.01. The summed E-state index contributed by atoms with van der Waals surface area (Å²) in [4.78, 5) is 18.0. The number of halogens is 1. The van der Waals surface area contributed by atoms with E-state index in [2.05, 4.69) is 26.3 Å². The number of nitrogens with one attached hydrogen (secondary N) is 1. The molecule has 0 aliphatic carbocycles. The number of aromatic nitrogens is 1. The summed E-state index contributed by atoms with van der Waals surface area (Å²) in [5, 5.41) is 8.84. The standard InChI is InChI=1S/C11H12BrN5O2/c12-7-3-9(10(16-14)15-5-7)11(18)17-1-2-19-8(4-13)6-17/h3,5,8H,1-2,6,14H2,(H,15,16). The Labute approximate surface area is 118 Å². The fourth-order valence-electron chi connectivity index (χ4n) is 1.80. The highest BCUT2D eigenvalue weighted by Crippen LogP contribution is 2.20. The van der Waals surface area contributed by atoms with Gasteiger partial charge in [0, 0.05) is 17.2 Å². The van der Waals surface area contributed by atoms with Crippen LogP contribution in [0.5, 0.6) is 0 Å². The van der Waals surface area contributed by atoms with Crippen LogP contribution in [0.3, 0.4) is 0 Å². The molecule has 1 amide bonds. The first-order chi connectivity index (χ1) is 9.15. The number of nitrogens with zero attached hydrogens (tertiary/aromatic N) is 3. The van der Waals surface area contributed by atoms with Crippen LogP contribution >= 0.6 is 15.9 Å². The van der Waals surface area contributed by atoms with Gasteiger partial charge in [-0.3, -0.25) is 4.79 Å². The molecule has 1 aromatic rings. The molecule has 3 N–H and O–H groups in total. The fraction of sp³-hybridized carbons (Fsp3) is 0.364. The van der Waals surface area contributed by atoms with Gasteiger partial charge in [-0.1, -0.05) is 0 Å². The number of anilines is 1. The van der Waals surface area contributed by atoms with Crippen LogP contribution in [0.25, 0.3) is 0 Å². The van der Waals surface area contributed by atoms with E-state index in [0.717, 1.165) is 0 Å². The normalized spacial score (nSPS) is 18.8. The number of hydrazine groups is 1. The molecular weight excluding hydrogens is 314 g/mol. The predicted molar refractivity (Wildman–Crippen MR) is 71.0 cm³/mol. The molecule has 1 aliphatic rings. The summed E-state index contributed by atoms with van der Waals surface area (Å²) in [5.41, 5.74) is 2.75. The van der Waals surface area contributed by atoms with Crippen LogP contribution in [0.2, 0.25) is 0 Å². The molecule has 100 valence electrons. The molecule has 0 saturated carbocycles. The lowest BCUT2D eigenvalue weighted by atomic mass is 10.2. The second-order valence-corrected chi connectivity index (χ2v) is 4.85. The lowest BCUT2D eigenvalue weighted by molar-refractivity contribution is 0.00349. The average molecular weight is 326 g/mol. The number of hydrogen-bond donors (Lipinski definition) is 2. The molecule has 19 heavy (non-hydrogen) atoms. The predicted octanol–water partition coefficient (Wildman–Crippen LogP) is 0.494. The van der Waals surface area contributed by atoms with Crippen molar-refractivity contribution in [3.8, 4) is 6.07 Å². The molecular formula is C11H12BrN5O2. The van der Waals surface area contributed by atoms with Crippen LogP contribution in [0.15, 0.2) is 16.7 Å². The number of carbonyl (C=O) groups is 1. The van der Waals surface area contributed by atoms with Crippen molar-refractivity contribution in [3.05, 3.63) is 22.3 Å². The van der Waals surface area contributed by atoms with Gasteiger partial charge in [0.05, 0.1) is 24.8 Å². The zero-order chi connectivity index (χ0) is 13.8. The van der Waals surface area contributed by atoms with Gasteiger partial charge in [-0.15, -0.1) is 0 Å². The van der Waals surface area contributed by atoms with Gasteiger partial charge in [0.2, 0.25) is 0 Å². The first kappa shape index (κ1) is 13.7. The summed E-state index contributed by atoms with van der Waals surface area (Å²) >= 11 is 3.26. The molecule has 0 aromatic carbocycles. The van der Waals surface area contributed by atoms with E-state index in [1.54, 1.807) is 17.2 Å². The Kier molecular flexibility index (Phi) is 4.31. The maximum atomic E-state index is 12.4. The first-order valence-corrected chi connectivity index (χ1v) is 6.37. The van der Waals surface area contributed by atoms with Crippen molar-refractivity contribution in [2.75, 3.05) is 25.1 Å². The van der Waals surface area contributed by atoms with E-state index in [-0.39, 0.29) is 12.5 Å². The van der Waals surface area contributed by atoms with Crippen LogP contribution < -0.4 is 11.3 Å². The number of morpholine rings is 1. The molecule has 7 nitrogen and oxygen atoms in total. The molecule has 1 saturated heterocycles. The SMILES string of the molecule is N#CC1CN(C(=O)c2cc(Br)cnc2NN)CCO1. The zero-order valence-electron chi connectivity index (χ0n) is 9.97. The molecule has 2 heterocycles. The Hall–Kier alpha value is -1.69. The summed E-state index contributed by atoms with van der Waals surface area (Å²) in [6.07, 6.45) is 0.954. The van der Waals surface area contributed by atoms with Gasteiger partial charge in [0.1, 0.15) is 0 Å². The quantitative estimate of drug-likeness (QED) is 0.606. The van der Waals surface area contributed by atoms with Crippen molar-refractivity contribution < 1.29 is 9.53 Å². The number of hydrogen-bond acceptors (Lipinski definition) is 6. The van der Waals surface area contributed by atoms with Gasteiger partial charge >= 0.3 is 0 Å². The molecule has 1 aliphatic heterocycles. The van der Waals surface area contributed by atoms with E-state index in [9.17, 15) is 4.79 Å². The highest BCUT2D eigenvalue weighted by atomic mass is 79.9. The van der Waals surface area contributed by atoms with Crippen LogP contribution in [0, 0.1) is 11.3 Å². The largest absolute Gasteiger partial charge is 0.360 e. The van der Waals surface area contributed by atoms with Gasteiger partial charge in [-0.2, -0.15) is 5.26 Å². The lowest BCUT2D eigenvalue weighted by Crippen LogP contribution is -2.45. The van der Waals surface area contributed by atoms with E-state index >= 15 is 0 Å². The Morgan fingerprint density at radius 2 is 2.53 bits per heavy atom. The van der Waals surface area contributed by atoms with E-state index in [1.807, 2.05) is 6.07 Å². The maximum absolute atomic E-state index is 12.4. The Morgan fingerprint density at radius 3 is 3.21 bits per heavy atom. The van der Waals surface area contributed by atoms with Gasteiger partial charge in [0.25, 0.3) is 5.91 Å². The number of nitriles is 1. The lowest BCUT2D eigenvalue weighted by Gasteiger charge is -2.30. The average Bonchev–Trinajstić information content (AvgIpc) is 2.46. The molecule has 1 aromatic heterocycles. The number of nitrogens with two attached hydrogens (primary N) is 1. The van der Waals surface area contributed by atoms with Crippen LogP contribution in [0.1, 0.15) is 10.4 Å². The van der Waals surface area contributed by atoms with Crippen molar-refractivity contribution in [2.24, 2.45) is 5.84 Å². The minimum atomic E-state index is -0.591. The first-order valence-electron chi connectivity index (χ1n) is 5.58. The van der Waals surface area contributed by atoms with Crippen molar-refractivity contribution in [3.63, 3.8) is 0 Å². The second kappa shape index (κ2) is 5.97. The molecule has 0 radical (unpaired) electrons. The number of ether oxygens (including phenoxy) is 1. The highest BCUT2D eigenvalue weighted by Gasteiger charge is 2.26. The van der Waals surface area contributed by atoms with Gasteiger partial charge in [-0.25, -0.2) is 10.8 Å². The maximum Gasteiger partial charge on any atom is 0.257 e. The monoisotopic (exact) mass is 325 g/mol. The van der Waals surface area contributed by atoms with Crippen molar-refractivity contribution in [1.82, 2.24) is 9.88 Å². The van der Waals surface area contributed by atoms with Crippen molar-refractivity contribution in [2.45, 2.75) is 6.10 Å². The Balaban J connectivity index is 2.24. The van der Waals surface area contributed by atoms with E-state index in [4.69, 9.17) is 15.8 Å². The van der Waals surface area contributed by atoms with E-state index in [1.165, 1.54) is 0 Å². The number of pyridine rings is 1. The minimum absolute atomic E-state index is 0.231. The second-order valence-electron chi connectivity index (χ2n) is 3.93. The fourth-order valence-corrected chi connectivity index (χ4v) is 2.13. The van der Waals surface area contributed by atoms with Gasteiger partial charge < -0.3 is 15.1 Å². The van der Waals surface area contributed by atoms with Gasteiger partial charge in [0.15, 0.2) is 11.9 Å². The summed E-state index contributed by atoms with van der Waals surface area (Å²) in [5.74, 6) is 5.41. The molecule has 8 heteroatoms. The third-order valence-electron chi connectivity index (χ3n) is 2.72. The Bertz CT molecular complexity index is 530. The third-order valence-corrected chi connectivity index (χ3v) is 3.15. The number of amides is 1. The summed E-state index contributed by atoms with van der Waals surface area (Å²) in [6, 6.07) is 3.64. The van der Waals surface area contributed by atoms with Crippen molar-refractivity contribution in [1.29, 1.82) is 5.26 Å². The summed E-state index contributed by atoms with van der Waals surface area (Å²) in [6.45, 7) is 1.02. The molecule has 1 unspecified atom stereocenters. The topological polar surface area (TPSA) is 104 Å². The molecule has 1 atom stereocenters. The van der Waals surface area contributed by atoms with Crippen LogP contribution in [-0.2, 0) is 4.74 Å². The van der Waals surface area contributed by atoms with Crippen molar-refractivity contribution >= 4 is 27.7 Å². The van der Waals surface area contributed by atoms with Crippen LogP contribution in [-0.4, -0.2) is 41.6 Å². The summed E-state index contributed by atoms with van der Waals surface area (Å²) < 4.78 is 5.88. The number of nitrogen functional groups attached to an aromatic ring is 1. The number of carbonyl (C=O) groups excluding carboxylic acids is 1. The van der Waals surface area contributed by atoms with E-state index < -0.39 is 6.10 Å². The molecule has 2 rings (SSSR count). The smallest absolute Gasteiger partial charge is 0.257 e. The highest BCUT2D eigenvalue weighted by molar-refractivity contribution is 9.10. The molecule has 0 bridgehead atoms. The minimum Gasteiger partial charge on any atom is -0.360 e. The summed E-state index contributed by atoms with van der Waals surface area (Å²) in [7, 11) is 0. The van der Waals surface area contributed by atoms with E-state index in [0.29, 0.717) is 29.0 Å². The molecule has 1 fully saturated rings. The number of rotatable bonds is 2. The Morgan fingerprint density at radius 1 is 1.74 bits per heavy atom. The van der Waals surface area contributed by atoms with Crippen LogP contribution in [0.4, 0.5) is 5.82 Å². The zero-order valence-corrected chi connectivity index (χ0v) is 11.6. The van der Waals surface area contributed by atoms with Gasteiger partial charge in [-0.05, 0) is 22.0 Å².